The molecule has 3 amide bonds. The van der Waals surface area contributed by atoms with Crippen LogP contribution in [0.5, 0.6) is 0 Å². The summed E-state index contributed by atoms with van der Waals surface area (Å²) in [5, 5.41) is 2.94. The molecule has 2 aromatic carbocycles. The number of hydrogen-bond acceptors (Lipinski definition) is 3. The van der Waals surface area contributed by atoms with Gasteiger partial charge in [0.15, 0.2) is 0 Å². The third kappa shape index (κ3) is 4.14. The summed E-state index contributed by atoms with van der Waals surface area (Å²) in [6.07, 6.45) is 3.34. The van der Waals surface area contributed by atoms with Crippen molar-refractivity contribution in [3.8, 4) is 0 Å². The third-order valence-corrected chi connectivity index (χ3v) is 6.57. The number of carbonyl (C=O) groups excluding carboxylic acids is 3. The SMILES string of the molecule is CCCC(=O)Nc1ccc2c(c1)CN(C(=O)C1(c3ccccc3)CC1)[C@@H](C(=O)N(C)C)C2. The van der Waals surface area contributed by atoms with Crippen LogP contribution in [0.1, 0.15) is 49.3 Å². The minimum absolute atomic E-state index is 0.0159. The third-order valence-electron chi connectivity index (χ3n) is 6.57. The van der Waals surface area contributed by atoms with Gasteiger partial charge in [-0.1, -0.05) is 43.3 Å². The number of hydrogen-bond donors (Lipinski definition) is 1. The minimum Gasteiger partial charge on any atom is -0.347 e. The second kappa shape index (κ2) is 8.77. The number of anilines is 1. The van der Waals surface area contributed by atoms with Gasteiger partial charge >= 0.3 is 0 Å². The van der Waals surface area contributed by atoms with E-state index in [0.717, 1.165) is 41.6 Å². The topological polar surface area (TPSA) is 69.7 Å². The van der Waals surface area contributed by atoms with Crippen molar-refractivity contribution < 1.29 is 14.4 Å². The lowest BCUT2D eigenvalue weighted by Crippen LogP contribution is -2.54. The standard InChI is InChI=1S/C26H31N3O3/c1-4-8-23(30)27-21-12-11-18-16-22(24(31)28(2)3)29(17-19(18)15-21)25(32)26(13-14-26)20-9-6-5-7-10-20/h5-7,9-12,15,22H,4,8,13-14,16-17H2,1-3H3,(H,27,30)/t22-/m1/s1. The van der Waals surface area contributed by atoms with E-state index in [4.69, 9.17) is 0 Å². The highest BCUT2D eigenvalue weighted by Gasteiger charge is 2.55. The van der Waals surface area contributed by atoms with Crippen LogP contribution in [0.4, 0.5) is 5.69 Å². The van der Waals surface area contributed by atoms with Crippen molar-refractivity contribution in [3.05, 3.63) is 65.2 Å². The summed E-state index contributed by atoms with van der Waals surface area (Å²) in [6, 6.07) is 15.2. The van der Waals surface area contributed by atoms with Crippen molar-refractivity contribution >= 4 is 23.4 Å². The zero-order valence-electron chi connectivity index (χ0n) is 19.1. The summed E-state index contributed by atoms with van der Waals surface area (Å²) in [4.78, 5) is 42.3. The molecule has 0 bridgehead atoms. The van der Waals surface area contributed by atoms with Crippen LogP contribution in [0, 0.1) is 0 Å². The van der Waals surface area contributed by atoms with Crippen molar-refractivity contribution in [1.82, 2.24) is 9.80 Å². The highest BCUT2D eigenvalue weighted by Crippen LogP contribution is 2.50. The molecule has 0 spiro atoms. The Labute approximate surface area is 189 Å². The molecule has 0 unspecified atom stereocenters. The first-order valence-corrected chi connectivity index (χ1v) is 11.3. The summed E-state index contributed by atoms with van der Waals surface area (Å²) in [7, 11) is 3.47. The fourth-order valence-corrected chi connectivity index (χ4v) is 4.63. The molecule has 0 aromatic heterocycles. The van der Waals surface area contributed by atoms with E-state index in [2.05, 4.69) is 5.32 Å². The van der Waals surface area contributed by atoms with Gasteiger partial charge in [-0.3, -0.25) is 14.4 Å². The van der Waals surface area contributed by atoms with E-state index in [0.29, 0.717) is 19.4 Å². The van der Waals surface area contributed by atoms with Crippen LogP contribution in [0.25, 0.3) is 0 Å². The second-order valence-electron chi connectivity index (χ2n) is 9.12. The molecule has 1 aliphatic heterocycles. The molecule has 1 saturated carbocycles. The summed E-state index contributed by atoms with van der Waals surface area (Å²) in [5.74, 6) is -0.0546. The monoisotopic (exact) mass is 433 g/mol. The number of amides is 3. The molecule has 32 heavy (non-hydrogen) atoms. The first-order valence-electron chi connectivity index (χ1n) is 11.3. The number of carbonyl (C=O) groups is 3. The minimum atomic E-state index is -0.531. The lowest BCUT2D eigenvalue weighted by molar-refractivity contribution is -0.147. The Balaban J connectivity index is 1.65. The Hall–Kier alpha value is -3.15. The lowest BCUT2D eigenvalue weighted by Gasteiger charge is -2.39. The normalized spacial score (nSPS) is 18.5. The van der Waals surface area contributed by atoms with Crippen molar-refractivity contribution in [3.63, 3.8) is 0 Å². The van der Waals surface area contributed by atoms with Crippen molar-refractivity contribution in [2.45, 2.75) is 57.0 Å². The number of benzene rings is 2. The Morgan fingerprint density at radius 1 is 1.06 bits per heavy atom. The maximum absolute atomic E-state index is 13.9. The molecular formula is C26H31N3O3. The molecular weight excluding hydrogens is 402 g/mol. The average Bonchev–Trinajstić information content (AvgIpc) is 3.60. The number of likely N-dealkylation sites (N-methyl/N-ethyl adjacent to an activating group) is 1. The van der Waals surface area contributed by atoms with Gasteiger partial charge in [-0.25, -0.2) is 0 Å². The van der Waals surface area contributed by atoms with Crippen LogP contribution in [-0.4, -0.2) is 47.7 Å². The molecule has 1 aliphatic carbocycles. The number of fused-ring (bicyclic) bond motifs is 1. The molecule has 2 aromatic rings. The average molecular weight is 434 g/mol. The van der Waals surface area contributed by atoms with Gasteiger partial charge in [-0.05, 0) is 48.1 Å². The number of rotatable bonds is 6. The largest absolute Gasteiger partial charge is 0.347 e. The molecule has 1 fully saturated rings. The number of nitrogens with one attached hydrogen (secondary N) is 1. The molecule has 4 rings (SSSR count). The molecule has 1 heterocycles. The van der Waals surface area contributed by atoms with Gasteiger partial charge in [0.2, 0.25) is 17.7 Å². The van der Waals surface area contributed by atoms with Crippen LogP contribution >= 0.6 is 0 Å². The Bertz CT molecular complexity index is 1030. The van der Waals surface area contributed by atoms with E-state index in [1.807, 2.05) is 55.5 Å². The van der Waals surface area contributed by atoms with Crippen molar-refractivity contribution in [1.29, 1.82) is 0 Å². The van der Waals surface area contributed by atoms with E-state index in [-0.39, 0.29) is 17.7 Å². The smallest absolute Gasteiger partial charge is 0.245 e. The summed E-state index contributed by atoms with van der Waals surface area (Å²) < 4.78 is 0. The van der Waals surface area contributed by atoms with Crippen LogP contribution in [-0.2, 0) is 32.8 Å². The Morgan fingerprint density at radius 3 is 2.41 bits per heavy atom. The maximum Gasteiger partial charge on any atom is 0.245 e. The van der Waals surface area contributed by atoms with E-state index in [1.165, 1.54) is 0 Å². The molecule has 168 valence electrons. The van der Waals surface area contributed by atoms with E-state index in [9.17, 15) is 14.4 Å². The number of nitrogens with zero attached hydrogens (tertiary/aromatic N) is 2. The van der Waals surface area contributed by atoms with E-state index < -0.39 is 11.5 Å². The first-order chi connectivity index (χ1) is 15.4. The Morgan fingerprint density at radius 2 is 1.78 bits per heavy atom. The predicted molar refractivity (Wildman–Crippen MR) is 124 cm³/mol. The predicted octanol–water partition coefficient (Wildman–Crippen LogP) is 3.50. The van der Waals surface area contributed by atoms with Gasteiger partial charge in [-0.15, -0.1) is 0 Å². The van der Waals surface area contributed by atoms with Gasteiger partial charge in [0.05, 0.1) is 5.41 Å². The van der Waals surface area contributed by atoms with Crippen LogP contribution in [0.2, 0.25) is 0 Å². The van der Waals surface area contributed by atoms with Crippen molar-refractivity contribution in [2.75, 3.05) is 19.4 Å². The zero-order chi connectivity index (χ0) is 22.9. The highest BCUT2D eigenvalue weighted by molar-refractivity contribution is 5.96. The quantitative estimate of drug-likeness (QED) is 0.758. The molecule has 0 radical (unpaired) electrons. The van der Waals surface area contributed by atoms with Gasteiger partial charge in [-0.2, -0.15) is 0 Å². The molecule has 2 aliphatic rings. The highest BCUT2D eigenvalue weighted by atomic mass is 16.2. The van der Waals surface area contributed by atoms with Gasteiger partial charge in [0.25, 0.3) is 0 Å². The maximum atomic E-state index is 13.9. The summed E-state index contributed by atoms with van der Waals surface area (Å²) in [5.41, 5.74) is 3.26. The summed E-state index contributed by atoms with van der Waals surface area (Å²) in [6.45, 7) is 2.34. The zero-order valence-corrected chi connectivity index (χ0v) is 19.1. The Kier molecular flexibility index (Phi) is 6.04. The van der Waals surface area contributed by atoms with Crippen molar-refractivity contribution in [2.24, 2.45) is 0 Å². The first kappa shape index (κ1) is 22.1. The fraction of sp³-hybridized carbons (Fsp3) is 0.423. The molecule has 0 saturated heterocycles. The molecule has 6 heteroatoms. The van der Waals surface area contributed by atoms with Gasteiger partial charge in [0.1, 0.15) is 6.04 Å². The van der Waals surface area contributed by atoms with E-state index >= 15 is 0 Å². The van der Waals surface area contributed by atoms with Crippen LogP contribution < -0.4 is 5.32 Å². The second-order valence-corrected chi connectivity index (χ2v) is 9.12. The fourth-order valence-electron chi connectivity index (χ4n) is 4.63. The molecule has 1 N–H and O–H groups in total. The van der Waals surface area contributed by atoms with E-state index in [1.54, 1.807) is 23.9 Å². The lowest BCUT2D eigenvalue weighted by atomic mass is 9.88. The molecule has 6 nitrogen and oxygen atoms in total. The van der Waals surface area contributed by atoms with Crippen LogP contribution in [0.15, 0.2) is 48.5 Å². The van der Waals surface area contributed by atoms with Gasteiger partial charge < -0.3 is 15.1 Å². The van der Waals surface area contributed by atoms with Gasteiger partial charge in [0, 0.05) is 39.2 Å². The molecule has 1 atom stereocenters. The van der Waals surface area contributed by atoms with Crippen LogP contribution in [0.3, 0.4) is 0 Å². The summed E-state index contributed by atoms with van der Waals surface area (Å²) >= 11 is 0.